The van der Waals surface area contributed by atoms with Gasteiger partial charge in [-0.3, -0.25) is 0 Å². The van der Waals surface area contributed by atoms with Gasteiger partial charge in [-0.25, -0.2) is 4.99 Å². The molecule has 0 unspecified atom stereocenters. The molecule has 0 amide bonds. The first-order valence-electron chi connectivity index (χ1n) is 2.24. The van der Waals surface area contributed by atoms with Crippen LogP contribution in [0.15, 0.2) is 17.4 Å². The van der Waals surface area contributed by atoms with Gasteiger partial charge in [-0.1, -0.05) is 13.5 Å². The molecule has 0 aliphatic heterocycles. The highest BCUT2D eigenvalue weighted by atomic mass is 14.9. The summed E-state index contributed by atoms with van der Waals surface area (Å²) in [5.74, 6) is 0.377. The van der Waals surface area contributed by atoms with Crippen LogP contribution < -0.4 is 5.73 Å². The van der Waals surface area contributed by atoms with E-state index in [0.29, 0.717) is 5.82 Å². The molecule has 0 aromatic heterocycles. The number of hydrogen-bond acceptors (Lipinski definition) is 2. The minimum Gasteiger partial charge on any atom is -0.384 e. The second kappa shape index (κ2) is 3.40. The van der Waals surface area contributed by atoms with Crippen LogP contribution in [0.2, 0.25) is 0 Å². The second-order valence-electron chi connectivity index (χ2n) is 1.21. The van der Waals surface area contributed by atoms with Crippen LogP contribution >= 0.6 is 0 Å². The third-order valence-electron chi connectivity index (χ3n) is 0.440. The van der Waals surface area contributed by atoms with Crippen LogP contribution in [0.5, 0.6) is 0 Å². The lowest BCUT2D eigenvalue weighted by Gasteiger charge is -1.81. The highest BCUT2D eigenvalue weighted by Gasteiger charge is 1.68. The maximum Gasteiger partial charge on any atom is 0.115 e. The van der Waals surface area contributed by atoms with Crippen molar-refractivity contribution in [3.8, 4) is 0 Å². The van der Waals surface area contributed by atoms with Crippen LogP contribution in [0.4, 0.5) is 0 Å². The van der Waals surface area contributed by atoms with Crippen LogP contribution in [0.25, 0.3) is 0 Å². The van der Waals surface area contributed by atoms with Crippen molar-refractivity contribution in [2.45, 2.75) is 13.3 Å². The van der Waals surface area contributed by atoms with Crippen LogP contribution in [-0.4, -0.2) is 6.21 Å². The Labute approximate surface area is 43.7 Å². The standard InChI is InChI=1S/C5H10N2/c1-3-4-7-5(2)6/h4H,2-3,6H2,1H3. The van der Waals surface area contributed by atoms with E-state index in [1.54, 1.807) is 6.21 Å². The summed E-state index contributed by atoms with van der Waals surface area (Å²) in [5.41, 5.74) is 5.09. The molecule has 0 aliphatic rings. The van der Waals surface area contributed by atoms with Crippen molar-refractivity contribution in [2.24, 2.45) is 10.7 Å². The molecule has 0 bridgehead atoms. The molecule has 0 atom stereocenters. The van der Waals surface area contributed by atoms with E-state index in [1.807, 2.05) is 6.92 Å². The summed E-state index contributed by atoms with van der Waals surface area (Å²) in [5, 5.41) is 0. The highest BCUT2D eigenvalue weighted by Crippen LogP contribution is 1.76. The Morgan fingerprint density at radius 1 is 2.00 bits per heavy atom. The molecule has 0 spiro atoms. The van der Waals surface area contributed by atoms with E-state index < -0.39 is 0 Å². The average Bonchev–Trinajstić information content (AvgIpc) is 1.61. The quantitative estimate of drug-likeness (QED) is 0.512. The Kier molecular flexibility index (Phi) is 3.02. The van der Waals surface area contributed by atoms with Gasteiger partial charge in [-0.2, -0.15) is 0 Å². The zero-order valence-electron chi connectivity index (χ0n) is 4.52. The Bertz CT molecular complexity index is 84.1. The monoisotopic (exact) mass is 98.1 g/mol. The summed E-state index contributed by atoms with van der Waals surface area (Å²) < 4.78 is 0. The Hall–Kier alpha value is -0.790. The number of nitrogens with two attached hydrogens (primary N) is 1. The van der Waals surface area contributed by atoms with Crippen molar-refractivity contribution >= 4 is 6.21 Å². The van der Waals surface area contributed by atoms with Crippen molar-refractivity contribution in [3.05, 3.63) is 12.4 Å². The summed E-state index contributed by atoms with van der Waals surface area (Å²) in [6.45, 7) is 5.36. The Balaban J connectivity index is 3.26. The van der Waals surface area contributed by atoms with Crippen molar-refractivity contribution in [1.29, 1.82) is 0 Å². The number of aliphatic imine (C=N–C) groups is 1. The molecular weight excluding hydrogens is 88.1 g/mol. The fourth-order valence-corrected chi connectivity index (χ4v) is 0.209. The van der Waals surface area contributed by atoms with E-state index in [2.05, 4.69) is 11.6 Å². The number of nitrogens with zero attached hydrogens (tertiary/aromatic N) is 1. The minimum atomic E-state index is 0.377. The SMILES string of the molecule is C=C(N)N=CCC. The lowest BCUT2D eigenvalue weighted by Crippen LogP contribution is -1.89. The van der Waals surface area contributed by atoms with E-state index in [1.165, 1.54) is 0 Å². The van der Waals surface area contributed by atoms with E-state index in [0.717, 1.165) is 6.42 Å². The molecule has 2 heteroatoms. The summed E-state index contributed by atoms with van der Waals surface area (Å²) >= 11 is 0. The van der Waals surface area contributed by atoms with Gasteiger partial charge in [0.25, 0.3) is 0 Å². The van der Waals surface area contributed by atoms with Crippen molar-refractivity contribution < 1.29 is 0 Å². The van der Waals surface area contributed by atoms with Gasteiger partial charge in [0.1, 0.15) is 5.82 Å². The summed E-state index contributed by atoms with van der Waals surface area (Å²) in [4.78, 5) is 3.70. The van der Waals surface area contributed by atoms with Crippen LogP contribution in [0, 0.1) is 0 Å². The van der Waals surface area contributed by atoms with Gasteiger partial charge < -0.3 is 5.73 Å². The summed E-state index contributed by atoms with van der Waals surface area (Å²) in [7, 11) is 0. The smallest absolute Gasteiger partial charge is 0.115 e. The van der Waals surface area contributed by atoms with Gasteiger partial charge in [0.2, 0.25) is 0 Å². The zero-order valence-corrected chi connectivity index (χ0v) is 4.52. The maximum atomic E-state index is 5.09. The van der Waals surface area contributed by atoms with Crippen molar-refractivity contribution in [3.63, 3.8) is 0 Å². The van der Waals surface area contributed by atoms with Gasteiger partial charge in [0.15, 0.2) is 0 Å². The molecule has 0 aromatic carbocycles. The predicted octanol–water partition coefficient (Wildman–Crippen LogP) is 0.897. The molecule has 2 N–H and O–H groups in total. The van der Waals surface area contributed by atoms with E-state index in [-0.39, 0.29) is 0 Å². The Morgan fingerprint density at radius 3 is 2.71 bits per heavy atom. The maximum absolute atomic E-state index is 5.09. The Morgan fingerprint density at radius 2 is 2.57 bits per heavy atom. The van der Waals surface area contributed by atoms with Gasteiger partial charge in [0.05, 0.1) is 0 Å². The molecule has 40 valence electrons. The third-order valence-corrected chi connectivity index (χ3v) is 0.440. The molecule has 0 aliphatic carbocycles. The van der Waals surface area contributed by atoms with E-state index in [9.17, 15) is 0 Å². The van der Waals surface area contributed by atoms with Crippen LogP contribution in [0.1, 0.15) is 13.3 Å². The number of rotatable bonds is 2. The van der Waals surface area contributed by atoms with Gasteiger partial charge >= 0.3 is 0 Å². The lowest BCUT2D eigenvalue weighted by atomic mass is 10.5. The lowest BCUT2D eigenvalue weighted by molar-refractivity contribution is 1.23. The minimum absolute atomic E-state index is 0.377. The largest absolute Gasteiger partial charge is 0.384 e. The first-order chi connectivity index (χ1) is 3.27. The van der Waals surface area contributed by atoms with E-state index in [4.69, 9.17) is 5.73 Å². The van der Waals surface area contributed by atoms with Gasteiger partial charge in [-0.15, -0.1) is 0 Å². The third kappa shape index (κ3) is 5.21. The fraction of sp³-hybridized carbons (Fsp3) is 0.400. The second-order valence-corrected chi connectivity index (χ2v) is 1.21. The van der Waals surface area contributed by atoms with Crippen LogP contribution in [-0.2, 0) is 0 Å². The molecule has 0 heterocycles. The summed E-state index contributed by atoms with van der Waals surface area (Å²) in [6, 6.07) is 0. The van der Waals surface area contributed by atoms with Crippen molar-refractivity contribution in [1.82, 2.24) is 0 Å². The molecule has 0 aromatic rings. The highest BCUT2D eigenvalue weighted by molar-refractivity contribution is 5.57. The fourth-order valence-electron chi connectivity index (χ4n) is 0.209. The molecule has 0 saturated heterocycles. The molecule has 0 fully saturated rings. The average molecular weight is 98.1 g/mol. The van der Waals surface area contributed by atoms with E-state index >= 15 is 0 Å². The molecule has 7 heavy (non-hydrogen) atoms. The summed E-state index contributed by atoms with van der Waals surface area (Å²) in [6.07, 6.45) is 2.64. The normalized spacial score (nSPS) is 9.86. The molecule has 0 saturated carbocycles. The molecule has 0 radical (unpaired) electrons. The van der Waals surface area contributed by atoms with Gasteiger partial charge in [0, 0.05) is 6.21 Å². The number of hydrogen-bond donors (Lipinski definition) is 1. The molecular formula is C5H10N2. The first kappa shape index (κ1) is 6.21. The first-order valence-corrected chi connectivity index (χ1v) is 2.24. The molecule has 2 nitrogen and oxygen atoms in total. The van der Waals surface area contributed by atoms with Crippen molar-refractivity contribution in [2.75, 3.05) is 0 Å². The zero-order chi connectivity index (χ0) is 5.70. The van der Waals surface area contributed by atoms with Gasteiger partial charge in [-0.05, 0) is 6.42 Å². The topological polar surface area (TPSA) is 38.4 Å². The predicted molar refractivity (Wildman–Crippen MR) is 32.1 cm³/mol. The molecule has 0 rings (SSSR count). The van der Waals surface area contributed by atoms with Crippen LogP contribution in [0.3, 0.4) is 0 Å².